The predicted molar refractivity (Wildman–Crippen MR) is 198 cm³/mol. The van der Waals surface area contributed by atoms with Crippen molar-refractivity contribution in [2.24, 2.45) is 34.0 Å². The Kier molecular flexibility index (Phi) is 11.9. The summed E-state index contributed by atoms with van der Waals surface area (Å²) in [4.78, 5) is 39.5. The van der Waals surface area contributed by atoms with Crippen molar-refractivity contribution in [3.8, 4) is 5.75 Å². The third-order valence-corrected chi connectivity index (χ3v) is 12.7. The highest BCUT2D eigenvalue weighted by molar-refractivity contribution is 5.86. The number of Topliss-reactive ketones (excluding diaryl/α,β-unsaturated/α-hetero) is 1. The van der Waals surface area contributed by atoms with Gasteiger partial charge in [0.1, 0.15) is 17.6 Å². The Bertz CT molecular complexity index is 1630. The van der Waals surface area contributed by atoms with Crippen LogP contribution in [0.15, 0.2) is 60.2 Å². The van der Waals surface area contributed by atoms with Gasteiger partial charge < -0.3 is 19.3 Å². The highest BCUT2D eigenvalue weighted by atomic mass is 16.6. The van der Waals surface area contributed by atoms with E-state index in [1.165, 1.54) is 11.6 Å². The molecule has 0 aliphatic heterocycles. The van der Waals surface area contributed by atoms with E-state index in [9.17, 15) is 19.5 Å². The molecule has 7 nitrogen and oxygen atoms in total. The summed E-state index contributed by atoms with van der Waals surface area (Å²) in [5.74, 6) is -0.422. The first kappa shape index (κ1) is 39.1. The fourth-order valence-corrected chi connectivity index (χ4v) is 9.42. The lowest BCUT2D eigenvalue weighted by molar-refractivity contribution is -0.206. The number of carbonyl (C=O) groups is 3. The van der Waals surface area contributed by atoms with Crippen LogP contribution in [0.3, 0.4) is 0 Å². The van der Waals surface area contributed by atoms with Gasteiger partial charge in [-0.3, -0.25) is 4.79 Å². The average molecular weight is 687 g/mol. The molecule has 4 rings (SSSR count). The fraction of sp³-hybridized carbons (Fsp3) is 0.558. The molecule has 3 aliphatic rings. The zero-order valence-electron chi connectivity index (χ0n) is 31.9. The Balaban J connectivity index is 1.41. The van der Waals surface area contributed by atoms with Gasteiger partial charge >= 0.3 is 11.9 Å². The van der Waals surface area contributed by atoms with Gasteiger partial charge in [0.2, 0.25) is 0 Å². The van der Waals surface area contributed by atoms with E-state index in [0.29, 0.717) is 18.4 Å². The van der Waals surface area contributed by atoms with Crippen molar-refractivity contribution < 1.29 is 33.7 Å². The highest BCUT2D eigenvalue weighted by Crippen LogP contribution is 2.68. The number of benzene rings is 1. The van der Waals surface area contributed by atoms with Crippen molar-refractivity contribution in [3.63, 3.8) is 0 Å². The first-order valence-corrected chi connectivity index (χ1v) is 18.0. The van der Waals surface area contributed by atoms with Gasteiger partial charge in [-0.15, -0.1) is 6.58 Å². The molecule has 50 heavy (non-hydrogen) atoms. The largest absolute Gasteiger partial charge is 0.496 e. The molecular formula is C43H58O7. The first-order chi connectivity index (χ1) is 23.4. The number of esters is 2. The lowest BCUT2D eigenvalue weighted by atomic mass is 9.43. The number of aryl methyl sites for hydroxylation is 1. The summed E-state index contributed by atoms with van der Waals surface area (Å²) in [5.41, 5.74) is 4.59. The number of aliphatic hydroxyl groups excluding tert-OH is 1. The molecule has 8 atom stereocenters. The molecule has 1 aromatic rings. The van der Waals surface area contributed by atoms with E-state index >= 15 is 0 Å². The van der Waals surface area contributed by atoms with Crippen molar-refractivity contribution >= 4 is 23.8 Å². The van der Waals surface area contributed by atoms with Crippen molar-refractivity contribution in [1.29, 1.82) is 0 Å². The van der Waals surface area contributed by atoms with E-state index < -0.39 is 41.6 Å². The lowest BCUT2D eigenvalue weighted by Gasteiger charge is -2.62. The third kappa shape index (κ3) is 7.35. The van der Waals surface area contributed by atoms with E-state index in [1.54, 1.807) is 26.2 Å². The molecule has 0 radical (unpaired) electrons. The van der Waals surface area contributed by atoms with Crippen LogP contribution >= 0.6 is 0 Å². The van der Waals surface area contributed by atoms with E-state index in [2.05, 4.69) is 60.3 Å². The summed E-state index contributed by atoms with van der Waals surface area (Å²) in [7, 11) is 1.69. The van der Waals surface area contributed by atoms with Gasteiger partial charge in [-0.1, -0.05) is 69.7 Å². The van der Waals surface area contributed by atoms with Crippen LogP contribution in [-0.4, -0.2) is 48.8 Å². The number of allylic oxidation sites excluding steroid dienone is 6. The molecule has 3 fully saturated rings. The van der Waals surface area contributed by atoms with Crippen molar-refractivity contribution in [3.05, 3.63) is 82.5 Å². The summed E-state index contributed by atoms with van der Waals surface area (Å²) in [5, 5.41) is 11.8. The monoisotopic (exact) mass is 686 g/mol. The van der Waals surface area contributed by atoms with Crippen LogP contribution in [0.1, 0.15) is 95.9 Å². The van der Waals surface area contributed by atoms with E-state index in [1.807, 2.05) is 32.1 Å². The maximum atomic E-state index is 13.6. The molecule has 0 amide bonds. The summed E-state index contributed by atoms with van der Waals surface area (Å²) in [6, 6.07) is 2.05. The van der Waals surface area contributed by atoms with Crippen LogP contribution in [0.2, 0.25) is 0 Å². The third-order valence-electron chi connectivity index (χ3n) is 12.7. The van der Waals surface area contributed by atoms with Crippen LogP contribution in [0, 0.1) is 54.8 Å². The second kappa shape index (κ2) is 15.3. The number of rotatable bonds is 10. The van der Waals surface area contributed by atoms with Crippen LogP contribution in [0.25, 0.3) is 6.08 Å². The van der Waals surface area contributed by atoms with Crippen LogP contribution < -0.4 is 4.74 Å². The van der Waals surface area contributed by atoms with Gasteiger partial charge in [-0.2, -0.15) is 0 Å². The zero-order chi connectivity index (χ0) is 37.2. The molecule has 7 heteroatoms. The predicted octanol–water partition coefficient (Wildman–Crippen LogP) is 8.53. The molecule has 0 heterocycles. The second-order valence-electron chi connectivity index (χ2n) is 15.7. The summed E-state index contributed by atoms with van der Waals surface area (Å²) >= 11 is 0. The standard InChI is InChI=1S/C43H58O7/c1-12-41(9)24-36(42(10)20-18-29(5)43(32(8)40(41)47)21-19-34(44)39(42)43)50-38(46)25-49-37(45)22-27(3)15-13-14-26(2)16-17-33-28(4)23-35(48-11)31(7)30(33)6/h12-17,22-23,29,32,36,39-40,47H,1,18-21,24-25H2,2-11H3/b15-13+,17-16+,26-14+,27-22+/t29-,32+,36?,39+,40+,41-,42+,43?/m1/s1. The van der Waals surface area contributed by atoms with Crippen molar-refractivity contribution in [1.82, 2.24) is 0 Å². The molecule has 0 spiro atoms. The molecular weight excluding hydrogens is 628 g/mol. The normalized spacial score (nSPS) is 33.2. The minimum Gasteiger partial charge on any atom is -0.496 e. The maximum absolute atomic E-state index is 13.6. The minimum absolute atomic E-state index is 0.119. The quantitative estimate of drug-likeness (QED) is 0.114. The van der Waals surface area contributed by atoms with Gasteiger partial charge in [0.05, 0.1) is 13.2 Å². The molecule has 1 aromatic carbocycles. The number of carbonyl (C=O) groups excluding carboxylic acids is 3. The van der Waals surface area contributed by atoms with Crippen LogP contribution in [-0.2, 0) is 23.9 Å². The number of hydrogen-bond acceptors (Lipinski definition) is 7. The summed E-state index contributed by atoms with van der Waals surface area (Å²) in [6.07, 6.45) is 14.6. The molecule has 2 bridgehead atoms. The SMILES string of the molecule is C=C[C@]1(C)CC(OC(=O)COC(=O)/C=C(C)/C=C/C=C(C)/C=C/c2c(C)cc(OC)c(C)c2C)[C@]2(C)CC[C@@H](C)C3(CCC(=O)[C@H]32)[C@@H](C)[C@@H]1O. The number of hydrogen-bond donors (Lipinski definition) is 1. The number of aliphatic hydroxyl groups is 1. The molecule has 0 saturated heterocycles. The van der Waals surface area contributed by atoms with Gasteiger partial charge in [0, 0.05) is 29.2 Å². The molecule has 0 aromatic heterocycles. The van der Waals surface area contributed by atoms with Crippen molar-refractivity contribution in [2.45, 2.75) is 107 Å². The molecule has 2 unspecified atom stereocenters. The average Bonchev–Trinajstić information content (AvgIpc) is 3.44. The van der Waals surface area contributed by atoms with E-state index in [4.69, 9.17) is 14.2 Å². The van der Waals surface area contributed by atoms with Gasteiger partial charge in [0.15, 0.2) is 6.61 Å². The first-order valence-electron chi connectivity index (χ1n) is 18.0. The Hall–Kier alpha value is -3.71. The number of ketones is 1. The second-order valence-corrected chi connectivity index (χ2v) is 15.7. The van der Waals surface area contributed by atoms with E-state index in [-0.39, 0.29) is 29.0 Å². The summed E-state index contributed by atoms with van der Waals surface area (Å²) < 4.78 is 16.9. The lowest BCUT2D eigenvalue weighted by Crippen LogP contribution is -2.63. The van der Waals surface area contributed by atoms with Gasteiger partial charge in [-0.05, 0) is 111 Å². The van der Waals surface area contributed by atoms with Gasteiger partial charge in [0.25, 0.3) is 0 Å². The Morgan fingerprint density at radius 3 is 2.42 bits per heavy atom. The zero-order valence-corrected chi connectivity index (χ0v) is 31.9. The number of methoxy groups -OCH3 is 1. The number of ether oxygens (including phenoxy) is 3. The van der Waals surface area contributed by atoms with E-state index in [0.717, 1.165) is 47.3 Å². The summed E-state index contributed by atoms with van der Waals surface area (Å²) in [6.45, 7) is 21.8. The Labute approximate surface area is 299 Å². The van der Waals surface area contributed by atoms with Gasteiger partial charge in [-0.25, -0.2) is 9.59 Å². The maximum Gasteiger partial charge on any atom is 0.344 e. The smallest absolute Gasteiger partial charge is 0.344 e. The Morgan fingerprint density at radius 1 is 1.06 bits per heavy atom. The molecule has 3 saturated carbocycles. The van der Waals surface area contributed by atoms with Crippen LogP contribution in [0.4, 0.5) is 0 Å². The topological polar surface area (TPSA) is 99.1 Å². The Morgan fingerprint density at radius 2 is 1.76 bits per heavy atom. The minimum atomic E-state index is -0.750. The molecule has 272 valence electrons. The molecule has 3 aliphatic carbocycles. The van der Waals surface area contributed by atoms with Crippen LogP contribution in [0.5, 0.6) is 5.75 Å². The van der Waals surface area contributed by atoms with Crippen molar-refractivity contribution in [2.75, 3.05) is 13.7 Å². The molecule has 1 N–H and O–H groups in total. The highest BCUT2D eigenvalue weighted by Gasteiger charge is 2.68. The fourth-order valence-electron chi connectivity index (χ4n) is 9.42.